The molecule has 0 N–H and O–H groups in total. The summed E-state index contributed by atoms with van der Waals surface area (Å²) in [4.78, 5) is 2.56. The lowest BCUT2D eigenvalue weighted by atomic mass is 10.1. The van der Waals surface area contributed by atoms with E-state index in [1.807, 2.05) is 18.4 Å². The number of methoxy groups -OCH3 is 1. The minimum Gasteiger partial charge on any atom is -0.497 e. The standard InChI is InChI=1S/C16H21NO2/c1-18-14-5-6-16-15(11-14)13(12-19-16)7-10-17-8-3-2-4-9-17/h5-6,11-12H,2-4,7-10H2,1H3. The van der Waals surface area contributed by atoms with Crippen molar-refractivity contribution in [1.29, 1.82) is 0 Å². The topological polar surface area (TPSA) is 25.6 Å². The van der Waals surface area contributed by atoms with Crippen molar-refractivity contribution in [2.75, 3.05) is 26.7 Å². The second-order valence-electron chi connectivity index (χ2n) is 5.28. The van der Waals surface area contributed by atoms with Crippen molar-refractivity contribution in [3.05, 3.63) is 30.0 Å². The van der Waals surface area contributed by atoms with Crippen LogP contribution in [-0.4, -0.2) is 31.6 Å². The number of fused-ring (bicyclic) bond motifs is 1. The van der Waals surface area contributed by atoms with Gasteiger partial charge in [-0.25, -0.2) is 0 Å². The molecule has 0 aliphatic carbocycles. The molecule has 0 bridgehead atoms. The van der Waals surface area contributed by atoms with Gasteiger partial charge in [0.05, 0.1) is 13.4 Å². The van der Waals surface area contributed by atoms with Gasteiger partial charge in [-0.1, -0.05) is 6.42 Å². The molecule has 1 saturated heterocycles. The molecule has 0 saturated carbocycles. The fraction of sp³-hybridized carbons (Fsp3) is 0.500. The quantitative estimate of drug-likeness (QED) is 0.840. The van der Waals surface area contributed by atoms with E-state index >= 15 is 0 Å². The van der Waals surface area contributed by atoms with Gasteiger partial charge in [0.1, 0.15) is 11.3 Å². The normalized spacial score (nSPS) is 16.9. The Balaban J connectivity index is 1.72. The van der Waals surface area contributed by atoms with Gasteiger partial charge in [0, 0.05) is 11.9 Å². The van der Waals surface area contributed by atoms with Crippen LogP contribution in [0.15, 0.2) is 28.9 Å². The van der Waals surface area contributed by atoms with Crippen molar-refractivity contribution < 1.29 is 9.15 Å². The zero-order chi connectivity index (χ0) is 13.1. The largest absolute Gasteiger partial charge is 0.497 e. The number of hydrogen-bond donors (Lipinski definition) is 0. The van der Waals surface area contributed by atoms with E-state index in [0.717, 1.165) is 24.3 Å². The van der Waals surface area contributed by atoms with Gasteiger partial charge in [-0.05, 0) is 56.1 Å². The molecule has 1 fully saturated rings. The summed E-state index contributed by atoms with van der Waals surface area (Å²) in [7, 11) is 1.70. The highest BCUT2D eigenvalue weighted by atomic mass is 16.5. The van der Waals surface area contributed by atoms with Crippen molar-refractivity contribution >= 4 is 11.0 Å². The minimum atomic E-state index is 0.896. The summed E-state index contributed by atoms with van der Waals surface area (Å²) in [5.41, 5.74) is 2.24. The molecule has 1 aliphatic heterocycles. The van der Waals surface area contributed by atoms with E-state index in [0.29, 0.717) is 0 Å². The molecule has 3 heteroatoms. The molecular weight excluding hydrogens is 238 g/mol. The van der Waals surface area contributed by atoms with Gasteiger partial charge in [0.25, 0.3) is 0 Å². The van der Waals surface area contributed by atoms with Crippen molar-refractivity contribution in [3.63, 3.8) is 0 Å². The number of likely N-dealkylation sites (tertiary alicyclic amines) is 1. The number of ether oxygens (including phenoxy) is 1. The summed E-state index contributed by atoms with van der Waals surface area (Å²) < 4.78 is 10.9. The highest BCUT2D eigenvalue weighted by molar-refractivity contribution is 5.82. The van der Waals surface area contributed by atoms with E-state index in [1.165, 1.54) is 43.3 Å². The second kappa shape index (κ2) is 5.66. The molecule has 2 aromatic rings. The van der Waals surface area contributed by atoms with Gasteiger partial charge in [-0.2, -0.15) is 0 Å². The summed E-state index contributed by atoms with van der Waals surface area (Å²) in [6.45, 7) is 3.63. The van der Waals surface area contributed by atoms with E-state index in [2.05, 4.69) is 11.0 Å². The molecule has 0 atom stereocenters. The lowest BCUT2D eigenvalue weighted by molar-refractivity contribution is 0.231. The number of rotatable bonds is 4. The first-order chi connectivity index (χ1) is 9.36. The molecule has 3 rings (SSSR count). The Labute approximate surface area is 114 Å². The Kier molecular flexibility index (Phi) is 3.74. The summed E-state index contributed by atoms with van der Waals surface area (Å²) in [6, 6.07) is 6.00. The first-order valence-electron chi connectivity index (χ1n) is 7.13. The maximum atomic E-state index is 5.61. The maximum Gasteiger partial charge on any atom is 0.134 e. The molecule has 102 valence electrons. The Hall–Kier alpha value is -1.48. The van der Waals surface area contributed by atoms with Crippen molar-refractivity contribution in [2.24, 2.45) is 0 Å². The van der Waals surface area contributed by atoms with Crippen LogP contribution in [0.1, 0.15) is 24.8 Å². The van der Waals surface area contributed by atoms with Gasteiger partial charge in [-0.3, -0.25) is 0 Å². The highest BCUT2D eigenvalue weighted by Crippen LogP contribution is 2.26. The Bertz CT molecular complexity index is 541. The molecule has 1 aliphatic rings. The van der Waals surface area contributed by atoms with E-state index in [1.54, 1.807) is 7.11 Å². The van der Waals surface area contributed by atoms with Crippen LogP contribution in [0.5, 0.6) is 5.75 Å². The van der Waals surface area contributed by atoms with Crippen LogP contribution in [0.3, 0.4) is 0 Å². The van der Waals surface area contributed by atoms with Crippen molar-refractivity contribution in [1.82, 2.24) is 4.90 Å². The van der Waals surface area contributed by atoms with E-state index in [9.17, 15) is 0 Å². The Morgan fingerprint density at radius 3 is 2.84 bits per heavy atom. The molecule has 3 nitrogen and oxygen atoms in total. The molecule has 1 aromatic heterocycles. The third kappa shape index (κ3) is 2.76. The molecule has 0 spiro atoms. The van der Waals surface area contributed by atoms with Gasteiger partial charge >= 0.3 is 0 Å². The fourth-order valence-electron chi connectivity index (χ4n) is 2.84. The Morgan fingerprint density at radius 1 is 1.21 bits per heavy atom. The van der Waals surface area contributed by atoms with Crippen LogP contribution in [-0.2, 0) is 6.42 Å². The second-order valence-corrected chi connectivity index (χ2v) is 5.28. The van der Waals surface area contributed by atoms with Gasteiger partial charge in [-0.15, -0.1) is 0 Å². The lowest BCUT2D eigenvalue weighted by Gasteiger charge is -2.26. The predicted molar refractivity (Wildman–Crippen MR) is 76.8 cm³/mol. The first-order valence-corrected chi connectivity index (χ1v) is 7.13. The van der Waals surface area contributed by atoms with E-state index in [-0.39, 0.29) is 0 Å². The zero-order valence-electron chi connectivity index (χ0n) is 11.5. The first kappa shape index (κ1) is 12.5. The summed E-state index contributed by atoms with van der Waals surface area (Å²) in [5, 5.41) is 1.19. The monoisotopic (exact) mass is 259 g/mol. The summed E-state index contributed by atoms with van der Waals surface area (Å²) in [6.07, 6.45) is 7.04. The molecular formula is C16H21NO2. The smallest absolute Gasteiger partial charge is 0.134 e. The third-order valence-electron chi connectivity index (χ3n) is 4.01. The number of furan rings is 1. The van der Waals surface area contributed by atoms with E-state index in [4.69, 9.17) is 9.15 Å². The number of nitrogens with zero attached hydrogens (tertiary/aromatic N) is 1. The van der Waals surface area contributed by atoms with Crippen LogP contribution >= 0.6 is 0 Å². The number of benzene rings is 1. The van der Waals surface area contributed by atoms with Crippen LogP contribution in [0.25, 0.3) is 11.0 Å². The maximum absolute atomic E-state index is 5.61. The predicted octanol–water partition coefficient (Wildman–Crippen LogP) is 3.47. The van der Waals surface area contributed by atoms with Crippen LogP contribution < -0.4 is 4.74 Å². The van der Waals surface area contributed by atoms with Crippen LogP contribution in [0.2, 0.25) is 0 Å². The Morgan fingerprint density at radius 2 is 2.05 bits per heavy atom. The fourth-order valence-corrected chi connectivity index (χ4v) is 2.84. The molecule has 1 aromatic carbocycles. The number of hydrogen-bond acceptors (Lipinski definition) is 3. The van der Waals surface area contributed by atoms with Gasteiger partial charge in [0.15, 0.2) is 0 Å². The molecule has 19 heavy (non-hydrogen) atoms. The van der Waals surface area contributed by atoms with Gasteiger partial charge in [0.2, 0.25) is 0 Å². The number of piperidine rings is 1. The SMILES string of the molecule is COc1ccc2occ(CCN3CCCCC3)c2c1. The van der Waals surface area contributed by atoms with Crippen molar-refractivity contribution in [3.8, 4) is 5.75 Å². The molecule has 0 amide bonds. The van der Waals surface area contributed by atoms with Gasteiger partial charge < -0.3 is 14.1 Å². The van der Waals surface area contributed by atoms with Crippen LogP contribution in [0, 0.1) is 0 Å². The minimum absolute atomic E-state index is 0.896. The summed E-state index contributed by atoms with van der Waals surface area (Å²) in [5.74, 6) is 0.896. The summed E-state index contributed by atoms with van der Waals surface area (Å²) >= 11 is 0. The third-order valence-corrected chi connectivity index (χ3v) is 4.01. The van der Waals surface area contributed by atoms with E-state index < -0.39 is 0 Å². The lowest BCUT2D eigenvalue weighted by Crippen LogP contribution is -2.31. The average molecular weight is 259 g/mol. The van der Waals surface area contributed by atoms with Crippen molar-refractivity contribution in [2.45, 2.75) is 25.7 Å². The van der Waals surface area contributed by atoms with Crippen LogP contribution in [0.4, 0.5) is 0 Å². The molecule has 0 radical (unpaired) electrons. The molecule has 2 heterocycles. The highest BCUT2D eigenvalue weighted by Gasteiger charge is 2.12. The average Bonchev–Trinajstić information content (AvgIpc) is 2.88. The molecule has 0 unspecified atom stereocenters. The zero-order valence-corrected chi connectivity index (χ0v) is 11.5.